The van der Waals surface area contributed by atoms with E-state index in [1.165, 1.54) is 0 Å². The quantitative estimate of drug-likeness (QED) is 0.900. The van der Waals surface area contributed by atoms with Gasteiger partial charge in [0.2, 0.25) is 0 Å². The molecule has 2 fully saturated rings. The number of anilines is 1. The van der Waals surface area contributed by atoms with Crippen molar-refractivity contribution in [3.8, 4) is 0 Å². The first-order chi connectivity index (χ1) is 9.26. The summed E-state index contributed by atoms with van der Waals surface area (Å²) in [6.45, 7) is 2.48. The molecule has 2 aliphatic heterocycles. The second-order valence-electron chi connectivity index (χ2n) is 5.49. The maximum Gasteiger partial charge on any atom is 0.0745 e. The van der Waals surface area contributed by atoms with Gasteiger partial charge in [0.25, 0.3) is 0 Å². The first-order valence-corrected chi connectivity index (χ1v) is 7.37. The summed E-state index contributed by atoms with van der Waals surface area (Å²) in [7, 11) is 0. The summed E-state index contributed by atoms with van der Waals surface area (Å²) in [5.74, 6) is 0. The van der Waals surface area contributed by atoms with Crippen LogP contribution in [0.15, 0.2) is 24.3 Å². The Morgan fingerprint density at radius 2 is 2.05 bits per heavy atom. The molecule has 2 aliphatic rings. The van der Waals surface area contributed by atoms with Crippen molar-refractivity contribution in [2.75, 3.05) is 25.1 Å². The molecular formula is C15H20ClNO2. The second-order valence-corrected chi connectivity index (χ2v) is 5.92. The van der Waals surface area contributed by atoms with Gasteiger partial charge in [-0.25, -0.2) is 0 Å². The van der Waals surface area contributed by atoms with E-state index in [9.17, 15) is 0 Å². The molecule has 3 rings (SSSR count). The van der Waals surface area contributed by atoms with Gasteiger partial charge < -0.3 is 14.8 Å². The fourth-order valence-electron chi connectivity index (χ4n) is 3.06. The van der Waals surface area contributed by atoms with Crippen molar-refractivity contribution in [3.05, 3.63) is 29.3 Å². The number of hydrogen-bond acceptors (Lipinski definition) is 3. The summed E-state index contributed by atoms with van der Waals surface area (Å²) in [5.41, 5.74) is 1.13. The van der Waals surface area contributed by atoms with Gasteiger partial charge in [-0.05, 0) is 43.9 Å². The van der Waals surface area contributed by atoms with Crippen LogP contribution in [0.5, 0.6) is 0 Å². The standard InChI is InChI=1S/C15H20ClNO2/c16-12-2-1-3-13(10-12)17-14-4-7-19-15(11-14)5-8-18-9-6-15/h1-3,10,14,17H,4-9,11H2. The van der Waals surface area contributed by atoms with Gasteiger partial charge in [0.05, 0.1) is 5.60 Å². The Hall–Kier alpha value is -0.770. The van der Waals surface area contributed by atoms with Crippen molar-refractivity contribution in [1.82, 2.24) is 0 Å². The summed E-state index contributed by atoms with van der Waals surface area (Å²) in [6.07, 6.45) is 4.14. The number of nitrogens with one attached hydrogen (secondary N) is 1. The van der Waals surface area contributed by atoms with Crippen molar-refractivity contribution in [1.29, 1.82) is 0 Å². The lowest BCUT2D eigenvalue weighted by molar-refractivity contribution is -0.135. The van der Waals surface area contributed by atoms with E-state index in [1.807, 2.05) is 18.2 Å². The monoisotopic (exact) mass is 281 g/mol. The van der Waals surface area contributed by atoms with Crippen molar-refractivity contribution in [2.24, 2.45) is 0 Å². The van der Waals surface area contributed by atoms with Crippen LogP contribution < -0.4 is 5.32 Å². The van der Waals surface area contributed by atoms with Crippen LogP contribution in [0.3, 0.4) is 0 Å². The molecule has 0 saturated carbocycles. The van der Waals surface area contributed by atoms with Crippen LogP contribution in [-0.4, -0.2) is 31.5 Å². The van der Waals surface area contributed by atoms with Crippen LogP contribution in [0.4, 0.5) is 5.69 Å². The molecule has 3 nitrogen and oxygen atoms in total. The lowest BCUT2D eigenvalue weighted by Gasteiger charge is -2.43. The van der Waals surface area contributed by atoms with Crippen molar-refractivity contribution in [2.45, 2.75) is 37.3 Å². The topological polar surface area (TPSA) is 30.5 Å². The van der Waals surface area contributed by atoms with Crippen LogP contribution in [0.1, 0.15) is 25.7 Å². The highest BCUT2D eigenvalue weighted by Gasteiger charge is 2.38. The lowest BCUT2D eigenvalue weighted by Crippen LogP contribution is -2.47. The Morgan fingerprint density at radius 3 is 2.84 bits per heavy atom. The van der Waals surface area contributed by atoms with Crippen molar-refractivity contribution >= 4 is 17.3 Å². The van der Waals surface area contributed by atoms with Gasteiger partial charge in [-0.15, -0.1) is 0 Å². The molecule has 0 amide bonds. The molecule has 1 aromatic rings. The maximum atomic E-state index is 6.05. The van der Waals surface area contributed by atoms with E-state index in [2.05, 4.69) is 11.4 Å². The minimum Gasteiger partial charge on any atom is -0.382 e. The third-order valence-electron chi connectivity index (χ3n) is 4.09. The van der Waals surface area contributed by atoms with Gasteiger partial charge in [0, 0.05) is 36.6 Å². The summed E-state index contributed by atoms with van der Waals surface area (Å²) in [4.78, 5) is 0. The van der Waals surface area contributed by atoms with E-state index in [0.29, 0.717) is 6.04 Å². The molecular weight excluding hydrogens is 262 g/mol. The number of hydrogen-bond donors (Lipinski definition) is 1. The summed E-state index contributed by atoms with van der Waals surface area (Å²) < 4.78 is 11.5. The maximum absolute atomic E-state index is 6.05. The zero-order valence-electron chi connectivity index (χ0n) is 11.0. The van der Waals surface area contributed by atoms with Gasteiger partial charge in [0.15, 0.2) is 0 Å². The van der Waals surface area contributed by atoms with Crippen LogP contribution in [0.25, 0.3) is 0 Å². The first-order valence-electron chi connectivity index (χ1n) is 7.00. The fraction of sp³-hybridized carbons (Fsp3) is 0.600. The first kappa shape index (κ1) is 13.2. The Bertz CT molecular complexity index is 426. The van der Waals surface area contributed by atoms with Gasteiger partial charge in [-0.2, -0.15) is 0 Å². The molecule has 0 aliphatic carbocycles. The molecule has 19 heavy (non-hydrogen) atoms. The zero-order valence-corrected chi connectivity index (χ0v) is 11.8. The SMILES string of the molecule is Clc1cccc(NC2CCOC3(CCOCC3)C2)c1. The molecule has 0 bridgehead atoms. The largest absolute Gasteiger partial charge is 0.382 e. The highest BCUT2D eigenvalue weighted by atomic mass is 35.5. The van der Waals surface area contributed by atoms with Crippen LogP contribution >= 0.6 is 11.6 Å². The predicted molar refractivity (Wildman–Crippen MR) is 76.8 cm³/mol. The van der Waals surface area contributed by atoms with Gasteiger partial charge in [0.1, 0.15) is 0 Å². The molecule has 2 heterocycles. The number of benzene rings is 1. The molecule has 1 N–H and O–H groups in total. The normalized spacial score (nSPS) is 26.3. The van der Waals surface area contributed by atoms with Crippen LogP contribution in [0, 0.1) is 0 Å². The summed E-state index contributed by atoms with van der Waals surface area (Å²) in [6, 6.07) is 8.39. The highest BCUT2D eigenvalue weighted by molar-refractivity contribution is 6.30. The number of rotatable bonds is 2. The van der Waals surface area contributed by atoms with Gasteiger partial charge in [-0.3, -0.25) is 0 Å². The van der Waals surface area contributed by atoms with Crippen LogP contribution in [0.2, 0.25) is 5.02 Å². The second kappa shape index (κ2) is 5.70. The smallest absolute Gasteiger partial charge is 0.0745 e. The van der Waals surface area contributed by atoms with E-state index < -0.39 is 0 Å². The van der Waals surface area contributed by atoms with E-state index in [-0.39, 0.29) is 5.60 Å². The zero-order chi connectivity index (χ0) is 13.1. The summed E-state index contributed by atoms with van der Waals surface area (Å²) in [5, 5.41) is 4.36. The van der Waals surface area contributed by atoms with E-state index >= 15 is 0 Å². The average Bonchev–Trinajstić information content (AvgIpc) is 2.40. The molecule has 104 valence electrons. The molecule has 1 spiro atoms. The molecule has 0 aromatic heterocycles. The summed E-state index contributed by atoms with van der Waals surface area (Å²) >= 11 is 6.02. The Kier molecular flexibility index (Phi) is 3.96. The van der Waals surface area contributed by atoms with Crippen molar-refractivity contribution < 1.29 is 9.47 Å². The average molecular weight is 282 g/mol. The van der Waals surface area contributed by atoms with Crippen molar-refractivity contribution in [3.63, 3.8) is 0 Å². The van der Waals surface area contributed by atoms with Gasteiger partial charge >= 0.3 is 0 Å². The Labute approximate surface area is 119 Å². The Balaban J connectivity index is 1.65. The Morgan fingerprint density at radius 1 is 1.21 bits per heavy atom. The molecule has 1 atom stereocenters. The third kappa shape index (κ3) is 3.22. The molecule has 2 saturated heterocycles. The molecule has 0 radical (unpaired) electrons. The minimum atomic E-state index is 0.0345. The lowest BCUT2D eigenvalue weighted by atomic mass is 9.84. The van der Waals surface area contributed by atoms with E-state index in [1.54, 1.807) is 0 Å². The van der Waals surface area contributed by atoms with Crippen LogP contribution in [-0.2, 0) is 9.47 Å². The third-order valence-corrected chi connectivity index (χ3v) is 4.33. The molecule has 1 aromatic carbocycles. The van der Waals surface area contributed by atoms with Gasteiger partial charge in [-0.1, -0.05) is 17.7 Å². The fourth-order valence-corrected chi connectivity index (χ4v) is 3.25. The minimum absolute atomic E-state index is 0.0345. The number of ether oxygens (including phenoxy) is 2. The predicted octanol–water partition coefficient (Wildman–Crippen LogP) is 3.48. The molecule has 4 heteroatoms. The number of halogens is 1. The van der Waals surface area contributed by atoms with E-state index in [0.717, 1.165) is 56.2 Å². The molecule has 1 unspecified atom stereocenters. The van der Waals surface area contributed by atoms with E-state index in [4.69, 9.17) is 21.1 Å². The highest BCUT2D eigenvalue weighted by Crippen LogP contribution is 2.35.